The average molecular weight is 350 g/mol. The highest BCUT2D eigenvalue weighted by Gasteiger charge is 2.20. The fraction of sp³-hybridized carbons (Fsp3) is 0.0714. The fourth-order valence-corrected chi connectivity index (χ4v) is 1.98. The molecule has 1 aromatic heterocycles. The summed E-state index contributed by atoms with van der Waals surface area (Å²) in [7, 11) is 0. The van der Waals surface area contributed by atoms with E-state index in [-0.39, 0.29) is 29.4 Å². The van der Waals surface area contributed by atoms with Crippen LogP contribution < -0.4 is 0 Å². The molecule has 0 saturated heterocycles. The Morgan fingerprint density at radius 1 is 1.43 bits per heavy atom. The summed E-state index contributed by atoms with van der Waals surface area (Å²) < 4.78 is 10.6. The summed E-state index contributed by atoms with van der Waals surface area (Å²) in [5.74, 6) is 1.56. The maximum atomic E-state index is 11.6. The molecule has 0 aliphatic rings. The zero-order chi connectivity index (χ0) is 15.4. The Hall–Kier alpha value is -2.59. The van der Waals surface area contributed by atoms with E-state index < -0.39 is 10.9 Å². The van der Waals surface area contributed by atoms with Gasteiger partial charge < -0.3 is 9.15 Å². The Morgan fingerprint density at radius 2 is 2.19 bits per heavy atom. The van der Waals surface area contributed by atoms with Gasteiger partial charge in [-0.05, 0) is 24.3 Å². The van der Waals surface area contributed by atoms with Gasteiger partial charge in [0.15, 0.2) is 6.61 Å². The quantitative estimate of drug-likeness (QED) is 0.365. The van der Waals surface area contributed by atoms with Crippen molar-refractivity contribution in [2.24, 2.45) is 0 Å². The van der Waals surface area contributed by atoms with Crippen LogP contribution in [0.3, 0.4) is 0 Å². The first-order chi connectivity index (χ1) is 10.0. The lowest BCUT2D eigenvalue weighted by molar-refractivity contribution is -0.384. The Bertz CT molecular complexity index is 744. The van der Waals surface area contributed by atoms with Crippen molar-refractivity contribution >= 4 is 27.6 Å². The number of ether oxygens (including phenoxy) is 1. The van der Waals surface area contributed by atoms with E-state index in [0.29, 0.717) is 4.47 Å². The van der Waals surface area contributed by atoms with E-state index in [9.17, 15) is 14.9 Å². The lowest BCUT2D eigenvalue weighted by Gasteiger charge is -2.01. The largest absolute Gasteiger partial charge is 0.449 e. The molecule has 0 atom stereocenters. The third kappa shape index (κ3) is 3.30. The number of carbonyl (C=O) groups is 1. The first-order valence-electron chi connectivity index (χ1n) is 5.67. The van der Waals surface area contributed by atoms with Gasteiger partial charge in [0.2, 0.25) is 5.76 Å². The van der Waals surface area contributed by atoms with Gasteiger partial charge in [-0.2, -0.15) is 0 Å². The van der Waals surface area contributed by atoms with Gasteiger partial charge in [0.25, 0.3) is 5.69 Å². The smallest absolute Gasteiger partial charge is 0.375 e. The Morgan fingerprint density at radius 3 is 2.86 bits per heavy atom. The highest BCUT2D eigenvalue weighted by Crippen LogP contribution is 2.33. The summed E-state index contributed by atoms with van der Waals surface area (Å²) in [5, 5.41) is 11.1. The third-order valence-corrected chi connectivity index (χ3v) is 3.01. The van der Waals surface area contributed by atoms with Gasteiger partial charge in [0.05, 0.1) is 10.5 Å². The van der Waals surface area contributed by atoms with Crippen molar-refractivity contribution in [3.8, 4) is 23.7 Å². The molecule has 1 aromatic carbocycles. The zero-order valence-corrected chi connectivity index (χ0v) is 12.1. The molecule has 2 rings (SSSR count). The number of nitrogens with zero attached hydrogens (tertiary/aromatic N) is 1. The highest BCUT2D eigenvalue weighted by molar-refractivity contribution is 9.10. The summed E-state index contributed by atoms with van der Waals surface area (Å²) >= 11 is 3.17. The van der Waals surface area contributed by atoms with Crippen molar-refractivity contribution < 1.29 is 18.9 Å². The van der Waals surface area contributed by atoms with Crippen LogP contribution in [0.25, 0.3) is 11.3 Å². The maximum absolute atomic E-state index is 11.6. The van der Waals surface area contributed by atoms with Gasteiger partial charge in [-0.25, -0.2) is 4.79 Å². The molecule has 0 amide bonds. The van der Waals surface area contributed by atoms with Crippen LogP contribution in [0.2, 0.25) is 0 Å². The monoisotopic (exact) mass is 349 g/mol. The van der Waals surface area contributed by atoms with Crippen LogP contribution in [0.15, 0.2) is 39.2 Å². The molecule has 6 nitrogen and oxygen atoms in total. The minimum absolute atomic E-state index is 0.0718. The summed E-state index contributed by atoms with van der Waals surface area (Å²) in [6.45, 7) is -0.173. The minimum atomic E-state index is -0.723. The summed E-state index contributed by atoms with van der Waals surface area (Å²) in [6.07, 6.45) is 4.98. The molecular formula is C14H8BrNO5. The molecule has 0 bridgehead atoms. The van der Waals surface area contributed by atoms with E-state index in [1.165, 1.54) is 24.3 Å². The van der Waals surface area contributed by atoms with Crippen molar-refractivity contribution in [2.45, 2.75) is 0 Å². The van der Waals surface area contributed by atoms with Crippen LogP contribution in [0.5, 0.6) is 0 Å². The second-order valence-corrected chi connectivity index (χ2v) is 4.78. The van der Waals surface area contributed by atoms with Crippen LogP contribution in [-0.4, -0.2) is 17.5 Å². The van der Waals surface area contributed by atoms with Crippen molar-refractivity contribution in [1.82, 2.24) is 0 Å². The molecule has 2 aromatic rings. The van der Waals surface area contributed by atoms with Crippen LogP contribution in [0.1, 0.15) is 10.6 Å². The van der Waals surface area contributed by atoms with E-state index in [1.54, 1.807) is 6.07 Å². The van der Waals surface area contributed by atoms with Gasteiger partial charge in [0.1, 0.15) is 5.76 Å². The van der Waals surface area contributed by atoms with Crippen LogP contribution in [0, 0.1) is 22.5 Å². The predicted molar refractivity (Wildman–Crippen MR) is 77.6 cm³/mol. The summed E-state index contributed by atoms with van der Waals surface area (Å²) in [4.78, 5) is 22.1. The fourth-order valence-electron chi connectivity index (χ4n) is 1.63. The van der Waals surface area contributed by atoms with E-state index in [2.05, 4.69) is 21.9 Å². The molecule has 0 N–H and O–H groups in total. The Labute approximate surface area is 128 Å². The molecule has 0 aliphatic carbocycles. The standard InChI is InChI=1S/C14H8BrNO5/c1-2-7-20-14(17)13-6-5-12(21-13)10-4-3-9(15)8-11(10)16(18)19/h1,3-6,8H,7H2. The molecular weight excluding hydrogens is 342 g/mol. The van der Waals surface area contributed by atoms with Crippen LogP contribution in [0.4, 0.5) is 5.69 Å². The Kier molecular flexibility index (Phi) is 4.40. The highest BCUT2D eigenvalue weighted by atomic mass is 79.9. The van der Waals surface area contributed by atoms with Crippen molar-refractivity contribution in [2.75, 3.05) is 6.61 Å². The minimum Gasteiger partial charge on any atom is -0.449 e. The first kappa shape index (κ1) is 14.8. The van der Waals surface area contributed by atoms with Crippen LogP contribution >= 0.6 is 15.9 Å². The van der Waals surface area contributed by atoms with Crippen molar-refractivity contribution in [3.05, 3.63) is 50.7 Å². The topological polar surface area (TPSA) is 82.6 Å². The molecule has 0 unspecified atom stereocenters. The SMILES string of the molecule is C#CCOC(=O)c1ccc(-c2ccc(Br)cc2[N+](=O)[O-])o1. The van der Waals surface area contributed by atoms with E-state index in [0.717, 1.165) is 0 Å². The number of halogens is 1. The molecule has 0 fully saturated rings. The van der Waals surface area contributed by atoms with Gasteiger partial charge in [-0.1, -0.05) is 21.9 Å². The molecule has 0 saturated carbocycles. The molecule has 7 heteroatoms. The number of terminal acetylenes is 1. The molecule has 0 radical (unpaired) electrons. The van der Waals surface area contributed by atoms with Crippen LogP contribution in [-0.2, 0) is 4.74 Å². The van der Waals surface area contributed by atoms with E-state index >= 15 is 0 Å². The number of rotatable bonds is 4. The number of nitro groups is 1. The van der Waals surface area contributed by atoms with E-state index in [4.69, 9.17) is 15.6 Å². The maximum Gasteiger partial charge on any atom is 0.375 e. The summed E-state index contributed by atoms with van der Waals surface area (Å²) in [6, 6.07) is 7.36. The number of esters is 1. The van der Waals surface area contributed by atoms with Gasteiger partial charge >= 0.3 is 5.97 Å². The second-order valence-electron chi connectivity index (χ2n) is 3.86. The molecule has 0 aliphatic heterocycles. The number of furan rings is 1. The normalized spacial score (nSPS) is 9.90. The molecule has 1 heterocycles. The van der Waals surface area contributed by atoms with Crippen molar-refractivity contribution in [3.63, 3.8) is 0 Å². The third-order valence-electron chi connectivity index (χ3n) is 2.52. The predicted octanol–water partition coefficient (Wildman–Crippen LogP) is 3.41. The number of nitro benzene ring substituents is 1. The zero-order valence-electron chi connectivity index (χ0n) is 10.5. The Balaban J connectivity index is 2.36. The summed E-state index contributed by atoms with van der Waals surface area (Å²) in [5.41, 5.74) is 0.126. The number of hydrogen-bond acceptors (Lipinski definition) is 5. The van der Waals surface area contributed by atoms with Gasteiger partial charge in [-0.15, -0.1) is 6.42 Å². The van der Waals surface area contributed by atoms with E-state index in [1.807, 2.05) is 0 Å². The molecule has 0 spiro atoms. The number of carbonyl (C=O) groups excluding carboxylic acids is 1. The molecule has 21 heavy (non-hydrogen) atoms. The van der Waals surface area contributed by atoms with Crippen molar-refractivity contribution in [1.29, 1.82) is 0 Å². The first-order valence-corrected chi connectivity index (χ1v) is 6.47. The second kappa shape index (κ2) is 6.24. The number of benzene rings is 1. The lowest BCUT2D eigenvalue weighted by atomic mass is 10.1. The number of hydrogen-bond donors (Lipinski definition) is 0. The van der Waals surface area contributed by atoms with Gasteiger partial charge in [-0.3, -0.25) is 10.1 Å². The lowest BCUT2D eigenvalue weighted by Crippen LogP contribution is -2.03. The van der Waals surface area contributed by atoms with Gasteiger partial charge in [0, 0.05) is 10.5 Å². The molecule has 106 valence electrons. The average Bonchev–Trinajstić information content (AvgIpc) is 2.94.